The minimum absolute atomic E-state index is 0.166. The highest BCUT2D eigenvalue weighted by Crippen LogP contribution is 2.31. The van der Waals surface area contributed by atoms with Crippen LogP contribution in [-0.4, -0.2) is 49.2 Å². The van der Waals surface area contributed by atoms with E-state index in [1.165, 1.54) is 13.8 Å². The Kier molecular flexibility index (Phi) is 9.42. The molecule has 0 spiro atoms. The molecule has 0 saturated carbocycles. The Hall–Kier alpha value is -3.43. The van der Waals surface area contributed by atoms with E-state index in [0.717, 1.165) is 11.1 Å². The number of carbonyl (C=O) groups excluding carboxylic acids is 2. The first-order valence-electron chi connectivity index (χ1n) is 10.8. The minimum Gasteiger partial charge on any atom is -0.463 e. The molecule has 5 atom stereocenters. The van der Waals surface area contributed by atoms with Crippen LogP contribution in [0.15, 0.2) is 65.8 Å². The van der Waals surface area contributed by atoms with Crippen molar-refractivity contribution in [2.75, 3.05) is 6.61 Å². The predicted molar refractivity (Wildman–Crippen MR) is 120 cm³/mol. The molecule has 3 rings (SSSR count). The van der Waals surface area contributed by atoms with Crippen LogP contribution in [0, 0.1) is 0 Å². The van der Waals surface area contributed by atoms with Crippen molar-refractivity contribution in [3.05, 3.63) is 82.2 Å². The van der Waals surface area contributed by atoms with Gasteiger partial charge in [-0.05, 0) is 16.7 Å². The molecule has 10 nitrogen and oxygen atoms in total. The van der Waals surface area contributed by atoms with E-state index in [9.17, 15) is 15.1 Å². The van der Waals surface area contributed by atoms with Crippen LogP contribution >= 0.6 is 0 Å². The Bertz CT molecular complexity index is 983. The fourth-order valence-electron chi connectivity index (χ4n) is 3.59. The summed E-state index contributed by atoms with van der Waals surface area (Å²) in [5.41, 5.74) is 11.0. The maximum atomic E-state index is 11.7. The summed E-state index contributed by atoms with van der Waals surface area (Å²) in [5.74, 6) is -1.13. The summed E-state index contributed by atoms with van der Waals surface area (Å²) in [6, 6.07) is 17.8. The van der Waals surface area contributed by atoms with Gasteiger partial charge in [-0.3, -0.25) is 9.59 Å². The standard InChI is InChI=1S/C24H27N3O7/c1-16(28)30-15-20-22(31-13-18-9-5-3-6-10-18)23(32-14-19-11-7-4-8-12-19)21(26-27-25)24(34-20)33-17(2)29/h3-12,20-24H,13-15H2,1-2H3/t20-,21-,22-,23-,24?/m1/s1. The van der Waals surface area contributed by atoms with Gasteiger partial charge in [0.15, 0.2) is 0 Å². The smallest absolute Gasteiger partial charge is 0.304 e. The van der Waals surface area contributed by atoms with Gasteiger partial charge < -0.3 is 23.7 Å². The van der Waals surface area contributed by atoms with E-state index in [1.807, 2.05) is 60.7 Å². The number of esters is 2. The van der Waals surface area contributed by atoms with Crippen molar-refractivity contribution in [3.8, 4) is 0 Å². The first-order chi connectivity index (χ1) is 16.5. The normalized spacial score (nSPS) is 24.0. The summed E-state index contributed by atoms with van der Waals surface area (Å²) in [6.07, 6.45) is -3.75. The fourth-order valence-corrected chi connectivity index (χ4v) is 3.59. The van der Waals surface area contributed by atoms with E-state index >= 15 is 0 Å². The zero-order valence-corrected chi connectivity index (χ0v) is 19.0. The molecule has 10 heteroatoms. The molecule has 1 heterocycles. The zero-order valence-electron chi connectivity index (χ0n) is 19.0. The van der Waals surface area contributed by atoms with Crippen molar-refractivity contribution in [2.24, 2.45) is 5.11 Å². The highest BCUT2D eigenvalue weighted by atomic mass is 16.7. The maximum absolute atomic E-state index is 11.7. The number of nitrogens with zero attached hydrogens (tertiary/aromatic N) is 3. The average Bonchev–Trinajstić information content (AvgIpc) is 2.83. The topological polar surface area (TPSA) is 129 Å². The van der Waals surface area contributed by atoms with E-state index in [-0.39, 0.29) is 19.8 Å². The highest BCUT2D eigenvalue weighted by molar-refractivity contribution is 5.66. The number of benzene rings is 2. The van der Waals surface area contributed by atoms with Crippen molar-refractivity contribution in [3.63, 3.8) is 0 Å². The molecule has 1 aliphatic rings. The lowest BCUT2D eigenvalue weighted by atomic mass is 9.96. The molecule has 0 N–H and O–H groups in total. The first kappa shape index (κ1) is 25.2. The highest BCUT2D eigenvalue weighted by Gasteiger charge is 2.49. The second kappa shape index (κ2) is 12.7. The van der Waals surface area contributed by atoms with Crippen LogP contribution in [0.3, 0.4) is 0 Å². The fraction of sp³-hybridized carbons (Fsp3) is 0.417. The Morgan fingerprint density at radius 2 is 1.47 bits per heavy atom. The molecule has 0 aliphatic carbocycles. The SMILES string of the molecule is CC(=O)OC[C@H]1OC(OC(C)=O)[C@H](N=[N+]=[N-])[C@@H](OCc2ccccc2)[C@@H]1OCc1ccccc1. The minimum atomic E-state index is -1.24. The van der Waals surface area contributed by atoms with E-state index in [2.05, 4.69) is 10.0 Å². The van der Waals surface area contributed by atoms with Crippen molar-refractivity contribution in [1.29, 1.82) is 0 Å². The van der Waals surface area contributed by atoms with Gasteiger partial charge in [0.05, 0.1) is 13.2 Å². The van der Waals surface area contributed by atoms with E-state index < -0.39 is 42.6 Å². The van der Waals surface area contributed by atoms with Crippen LogP contribution < -0.4 is 0 Å². The second-order valence-corrected chi connectivity index (χ2v) is 7.67. The Morgan fingerprint density at radius 1 is 0.912 bits per heavy atom. The summed E-state index contributed by atoms with van der Waals surface area (Å²) in [6.45, 7) is 2.72. The Labute approximate surface area is 197 Å². The number of rotatable bonds is 10. The quantitative estimate of drug-likeness (QED) is 0.225. The lowest BCUT2D eigenvalue weighted by Crippen LogP contribution is -2.60. The number of carbonyl (C=O) groups is 2. The first-order valence-corrected chi connectivity index (χ1v) is 10.8. The van der Waals surface area contributed by atoms with Gasteiger partial charge >= 0.3 is 11.9 Å². The summed E-state index contributed by atoms with van der Waals surface area (Å²) in [4.78, 5) is 26.1. The maximum Gasteiger partial charge on any atom is 0.304 e. The van der Waals surface area contributed by atoms with Gasteiger partial charge in [0, 0.05) is 18.8 Å². The lowest BCUT2D eigenvalue weighted by Gasteiger charge is -2.44. The predicted octanol–water partition coefficient (Wildman–Crippen LogP) is 3.69. The van der Waals surface area contributed by atoms with Crippen LogP contribution in [0.4, 0.5) is 0 Å². The molecular formula is C24H27N3O7. The van der Waals surface area contributed by atoms with E-state index in [4.69, 9.17) is 23.7 Å². The van der Waals surface area contributed by atoms with Gasteiger partial charge in [-0.15, -0.1) is 0 Å². The van der Waals surface area contributed by atoms with Crippen LogP contribution in [0.1, 0.15) is 25.0 Å². The van der Waals surface area contributed by atoms with Gasteiger partial charge in [0.25, 0.3) is 0 Å². The van der Waals surface area contributed by atoms with Crippen molar-refractivity contribution >= 4 is 11.9 Å². The third kappa shape index (κ3) is 7.29. The summed E-state index contributed by atoms with van der Waals surface area (Å²) >= 11 is 0. The molecule has 1 saturated heterocycles. The number of hydrogen-bond acceptors (Lipinski definition) is 8. The number of ether oxygens (including phenoxy) is 5. The zero-order chi connectivity index (χ0) is 24.3. The molecule has 2 aromatic carbocycles. The molecule has 1 fully saturated rings. The summed E-state index contributed by atoms with van der Waals surface area (Å²) < 4.78 is 28.7. The number of hydrogen-bond donors (Lipinski definition) is 0. The third-order valence-corrected chi connectivity index (χ3v) is 5.10. The van der Waals surface area contributed by atoms with Crippen molar-refractivity contribution in [1.82, 2.24) is 0 Å². The van der Waals surface area contributed by atoms with E-state index in [0.29, 0.717) is 0 Å². The van der Waals surface area contributed by atoms with Crippen molar-refractivity contribution in [2.45, 2.75) is 57.7 Å². The van der Waals surface area contributed by atoms with Gasteiger partial charge in [-0.2, -0.15) is 0 Å². The molecule has 0 bridgehead atoms. The van der Waals surface area contributed by atoms with Crippen LogP contribution in [0.25, 0.3) is 10.4 Å². The summed E-state index contributed by atoms with van der Waals surface area (Å²) in [7, 11) is 0. The second-order valence-electron chi connectivity index (χ2n) is 7.67. The molecule has 0 amide bonds. The third-order valence-electron chi connectivity index (χ3n) is 5.10. The van der Waals surface area contributed by atoms with Crippen LogP contribution in [0.5, 0.6) is 0 Å². The van der Waals surface area contributed by atoms with Gasteiger partial charge in [0.1, 0.15) is 31.0 Å². The number of azide groups is 1. The molecule has 2 aromatic rings. The van der Waals surface area contributed by atoms with Crippen LogP contribution in [-0.2, 0) is 46.5 Å². The van der Waals surface area contributed by atoms with Gasteiger partial charge in [-0.25, -0.2) is 0 Å². The molecule has 1 aliphatic heterocycles. The molecule has 0 aromatic heterocycles. The molecule has 1 unspecified atom stereocenters. The van der Waals surface area contributed by atoms with Crippen molar-refractivity contribution < 1.29 is 33.3 Å². The molecule has 180 valence electrons. The molecule has 0 radical (unpaired) electrons. The lowest BCUT2D eigenvalue weighted by molar-refractivity contribution is -0.277. The summed E-state index contributed by atoms with van der Waals surface area (Å²) in [5, 5.41) is 3.81. The van der Waals surface area contributed by atoms with Gasteiger partial charge in [-0.1, -0.05) is 65.8 Å². The monoisotopic (exact) mass is 469 g/mol. The Morgan fingerprint density at radius 3 is 1.97 bits per heavy atom. The molecular weight excluding hydrogens is 442 g/mol. The van der Waals surface area contributed by atoms with E-state index in [1.54, 1.807) is 0 Å². The van der Waals surface area contributed by atoms with Crippen LogP contribution in [0.2, 0.25) is 0 Å². The average molecular weight is 469 g/mol. The Balaban J connectivity index is 1.91. The van der Waals surface area contributed by atoms with Gasteiger partial charge in [0.2, 0.25) is 6.29 Å². The molecule has 34 heavy (non-hydrogen) atoms. The largest absolute Gasteiger partial charge is 0.463 e.